The standard InChI is InChI=1S/C19H23N3O5S/c1-15(2)12-13-20-19(23)14-21(17-10-6-7-11-18(17)22(24)25)28(26,27)16-8-4-3-5-9-16/h3-11,15H,12-14H2,1-2H3,(H,20,23). The normalized spacial score (nSPS) is 11.2. The first kappa shape index (κ1) is 21.4. The molecule has 0 saturated carbocycles. The highest BCUT2D eigenvalue weighted by Gasteiger charge is 2.31. The highest BCUT2D eigenvalue weighted by Crippen LogP contribution is 2.31. The Morgan fingerprint density at radius 2 is 1.71 bits per heavy atom. The van der Waals surface area contributed by atoms with Gasteiger partial charge in [0, 0.05) is 12.6 Å². The number of sulfonamides is 1. The van der Waals surface area contributed by atoms with E-state index in [9.17, 15) is 23.3 Å². The summed E-state index contributed by atoms with van der Waals surface area (Å²) in [4.78, 5) is 23.1. The van der Waals surface area contributed by atoms with Crippen LogP contribution in [0.5, 0.6) is 0 Å². The van der Waals surface area contributed by atoms with E-state index in [1.807, 2.05) is 13.8 Å². The summed E-state index contributed by atoms with van der Waals surface area (Å²) in [6, 6.07) is 13.0. The van der Waals surface area contributed by atoms with Crippen LogP contribution in [0.15, 0.2) is 59.5 Å². The van der Waals surface area contributed by atoms with Gasteiger partial charge in [-0.15, -0.1) is 0 Å². The van der Waals surface area contributed by atoms with E-state index in [4.69, 9.17) is 0 Å². The number of hydrogen-bond acceptors (Lipinski definition) is 5. The van der Waals surface area contributed by atoms with E-state index in [0.29, 0.717) is 12.5 Å². The Kier molecular flexibility index (Phi) is 7.11. The maximum Gasteiger partial charge on any atom is 0.293 e. The number of nitro benzene ring substituents is 1. The Morgan fingerprint density at radius 3 is 2.32 bits per heavy atom. The molecule has 2 aromatic carbocycles. The van der Waals surface area contributed by atoms with Gasteiger partial charge in [-0.2, -0.15) is 0 Å². The van der Waals surface area contributed by atoms with Crippen molar-refractivity contribution < 1.29 is 18.1 Å². The molecule has 0 saturated heterocycles. The topological polar surface area (TPSA) is 110 Å². The molecule has 0 bridgehead atoms. The number of rotatable bonds is 9. The molecule has 0 aliphatic rings. The molecule has 0 aromatic heterocycles. The van der Waals surface area contributed by atoms with Gasteiger partial charge >= 0.3 is 0 Å². The fourth-order valence-corrected chi connectivity index (χ4v) is 3.99. The van der Waals surface area contributed by atoms with Crippen molar-refractivity contribution in [1.29, 1.82) is 0 Å². The summed E-state index contributed by atoms with van der Waals surface area (Å²) in [5.74, 6) is -0.155. The third-order valence-electron chi connectivity index (χ3n) is 4.01. The molecule has 0 aliphatic heterocycles. The lowest BCUT2D eigenvalue weighted by atomic mass is 10.1. The lowest BCUT2D eigenvalue weighted by Gasteiger charge is -2.24. The Morgan fingerprint density at radius 1 is 1.11 bits per heavy atom. The number of anilines is 1. The molecular weight excluding hydrogens is 382 g/mol. The van der Waals surface area contributed by atoms with Crippen LogP contribution < -0.4 is 9.62 Å². The second-order valence-corrected chi connectivity index (χ2v) is 8.47. The van der Waals surface area contributed by atoms with Gasteiger partial charge < -0.3 is 5.32 Å². The summed E-state index contributed by atoms with van der Waals surface area (Å²) in [6.45, 7) is 3.85. The zero-order valence-electron chi connectivity index (χ0n) is 15.7. The number of nitro groups is 1. The molecule has 0 atom stereocenters. The quantitative estimate of drug-likeness (QED) is 0.509. The third kappa shape index (κ3) is 5.29. The van der Waals surface area contributed by atoms with Gasteiger partial charge in [0.25, 0.3) is 15.7 Å². The van der Waals surface area contributed by atoms with Crippen LogP contribution in [0.25, 0.3) is 0 Å². The highest BCUT2D eigenvalue weighted by molar-refractivity contribution is 7.92. The smallest absolute Gasteiger partial charge is 0.293 e. The van der Waals surface area contributed by atoms with Gasteiger partial charge in [-0.25, -0.2) is 12.7 Å². The molecule has 0 unspecified atom stereocenters. The molecular formula is C19H23N3O5S. The van der Waals surface area contributed by atoms with E-state index in [-0.39, 0.29) is 10.6 Å². The summed E-state index contributed by atoms with van der Waals surface area (Å²) < 4.78 is 27.1. The van der Waals surface area contributed by atoms with Crippen LogP contribution in [0.2, 0.25) is 0 Å². The molecule has 0 fully saturated rings. The zero-order chi connectivity index (χ0) is 20.7. The number of hydrogen-bond donors (Lipinski definition) is 1. The fraction of sp³-hybridized carbons (Fsp3) is 0.316. The highest BCUT2D eigenvalue weighted by atomic mass is 32.2. The molecule has 0 aliphatic carbocycles. The van der Waals surface area contributed by atoms with Crippen LogP contribution in [-0.4, -0.2) is 32.3 Å². The molecule has 150 valence electrons. The van der Waals surface area contributed by atoms with Crippen molar-refractivity contribution in [1.82, 2.24) is 5.32 Å². The van der Waals surface area contributed by atoms with Crippen molar-refractivity contribution >= 4 is 27.3 Å². The maximum atomic E-state index is 13.1. The van der Waals surface area contributed by atoms with E-state index in [0.717, 1.165) is 10.7 Å². The van der Waals surface area contributed by atoms with Crippen molar-refractivity contribution in [3.63, 3.8) is 0 Å². The van der Waals surface area contributed by atoms with Gasteiger partial charge in [-0.1, -0.05) is 44.2 Å². The summed E-state index contributed by atoms with van der Waals surface area (Å²) in [7, 11) is -4.18. The average molecular weight is 405 g/mol. The SMILES string of the molecule is CC(C)CCNC(=O)CN(c1ccccc1[N+](=O)[O-])S(=O)(=O)c1ccccc1. The van der Waals surface area contributed by atoms with Crippen molar-refractivity contribution in [2.24, 2.45) is 5.92 Å². The van der Waals surface area contributed by atoms with E-state index in [1.54, 1.807) is 18.2 Å². The van der Waals surface area contributed by atoms with Crippen molar-refractivity contribution in [3.8, 4) is 0 Å². The second-order valence-electron chi connectivity index (χ2n) is 6.60. The Hall–Kier alpha value is -2.94. The first-order chi connectivity index (χ1) is 13.2. The summed E-state index contributed by atoms with van der Waals surface area (Å²) in [5.41, 5.74) is -0.549. The van der Waals surface area contributed by atoms with E-state index in [2.05, 4.69) is 5.32 Å². The summed E-state index contributed by atoms with van der Waals surface area (Å²) >= 11 is 0. The molecule has 9 heteroatoms. The Labute approximate surface area is 164 Å². The van der Waals surface area contributed by atoms with E-state index < -0.39 is 33.1 Å². The molecule has 1 amide bonds. The molecule has 8 nitrogen and oxygen atoms in total. The zero-order valence-corrected chi connectivity index (χ0v) is 16.6. The van der Waals surface area contributed by atoms with Crippen LogP contribution in [-0.2, 0) is 14.8 Å². The van der Waals surface area contributed by atoms with Crippen LogP contribution >= 0.6 is 0 Å². The van der Waals surface area contributed by atoms with Gasteiger partial charge in [0.1, 0.15) is 12.2 Å². The molecule has 2 rings (SSSR count). The molecule has 0 spiro atoms. The van der Waals surface area contributed by atoms with Crippen molar-refractivity contribution in [2.45, 2.75) is 25.2 Å². The lowest BCUT2D eigenvalue weighted by molar-refractivity contribution is -0.384. The van der Waals surface area contributed by atoms with Crippen LogP contribution in [0, 0.1) is 16.0 Å². The minimum absolute atomic E-state index is 0.0527. The Bertz CT molecular complexity index is 930. The van der Waals surface area contributed by atoms with Gasteiger partial charge in [0.2, 0.25) is 5.91 Å². The van der Waals surface area contributed by atoms with Crippen LogP contribution in [0.1, 0.15) is 20.3 Å². The van der Waals surface area contributed by atoms with Gasteiger partial charge in [-0.05, 0) is 30.5 Å². The van der Waals surface area contributed by atoms with Crippen molar-refractivity contribution in [3.05, 3.63) is 64.7 Å². The molecule has 2 aromatic rings. The van der Waals surface area contributed by atoms with E-state index in [1.165, 1.54) is 36.4 Å². The van der Waals surface area contributed by atoms with Crippen molar-refractivity contribution in [2.75, 3.05) is 17.4 Å². The molecule has 0 heterocycles. The van der Waals surface area contributed by atoms with Crippen LogP contribution in [0.4, 0.5) is 11.4 Å². The van der Waals surface area contributed by atoms with Gasteiger partial charge in [0.05, 0.1) is 9.82 Å². The third-order valence-corrected chi connectivity index (χ3v) is 5.78. The monoisotopic (exact) mass is 405 g/mol. The molecule has 0 radical (unpaired) electrons. The predicted molar refractivity (Wildman–Crippen MR) is 107 cm³/mol. The number of nitrogens with zero attached hydrogens (tertiary/aromatic N) is 2. The molecule has 1 N–H and O–H groups in total. The Balaban J connectivity index is 2.43. The minimum atomic E-state index is -4.18. The van der Waals surface area contributed by atoms with Gasteiger partial charge in [0.15, 0.2) is 0 Å². The number of para-hydroxylation sites is 2. The maximum absolute atomic E-state index is 13.1. The number of carbonyl (C=O) groups excluding carboxylic acids is 1. The minimum Gasteiger partial charge on any atom is -0.355 e. The molecule has 28 heavy (non-hydrogen) atoms. The first-order valence-electron chi connectivity index (χ1n) is 8.81. The largest absolute Gasteiger partial charge is 0.355 e. The number of benzene rings is 2. The van der Waals surface area contributed by atoms with E-state index >= 15 is 0 Å². The first-order valence-corrected chi connectivity index (χ1v) is 10.3. The lowest BCUT2D eigenvalue weighted by Crippen LogP contribution is -2.41. The fourth-order valence-electron chi connectivity index (χ4n) is 2.54. The number of amides is 1. The predicted octanol–water partition coefficient (Wildman–Crippen LogP) is 2.95. The summed E-state index contributed by atoms with van der Waals surface area (Å²) in [6.07, 6.45) is 0.739. The average Bonchev–Trinajstić information content (AvgIpc) is 2.66. The van der Waals surface area contributed by atoms with Crippen LogP contribution in [0.3, 0.4) is 0 Å². The number of nitrogens with one attached hydrogen (secondary N) is 1. The number of carbonyl (C=O) groups is 1. The summed E-state index contributed by atoms with van der Waals surface area (Å²) in [5, 5.41) is 14.1. The second kappa shape index (κ2) is 9.32. The van der Waals surface area contributed by atoms with Gasteiger partial charge in [-0.3, -0.25) is 14.9 Å².